The number of hydrogen-bond donors (Lipinski definition) is 1. The van der Waals surface area contributed by atoms with Crippen molar-refractivity contribution in [3.8, 4) is 28.1 Å². The van der Waals surface area contributed by atoms with Crippen LogP contribution in [0.3, 0.4) is 0 Å². The van der Waals surface area contributed by atoms with Crippen LogP contribution in [0.2, 0.25) is 0 Å². The molecule has 0 unspecified atom stereocenters. The molecule has 0 saturated carbocycles. The Bertz CT molecular complexity index is 1360. The number of nitrogens with one attached hydrogen (secondary N) is 1. The number of morpholine rings is 1. The number of fused-ring (bicyclic) bond motifs is 1. The molecule has 0 atom stereocenters. The van der Waals surface area contributed by atoms with Crippen molar-refractivity contribution in [2.24, 2.45) is 0 Å². The zero-order chi connectivity index (χ0) is 21.3. The summed E-state index contributed by atoms with van der Waals surface area (Å²) in [5.41, 5.74) is 6.77. The summed E-state index contributed by atoms with van der Waals surface area (Å²) in [6.07, 6.45) is 9.30. The third kappa shape index (κ3) is 3.30. The number of rotatable bonds is 4. The third-order valence-electron chi connectivity index (χ3n) is 5.69. The molecule has 158 valence electrons. The van der Waals surface area contributed by atoms with Gasteiger partial charge in [0.1, 0.15) is 11.2 Å². The highest BCUT2D eigenvalue weighted by molar-refractivity contribution is 6.00. The van der Waals surface area contributed by atoms with Crippen LogP contribution in [0.25, 0.3) is 39.1 Å². The van der Waals surface area contributed by atoms with Crippen LogP contribution in [0.15, 0.2) is 73.4 Å². The minimum Gasteiger partial charge on any atom is -0.378 e. The average Bonchev–Trinajstić information content (AvgIpc) is 3.55. The molecule has 0 spiro atoms. The number of hydrogen-bond acceptors (Lipinski definition) is 6. The number of benzene rings is 1. The van der Waals surface area contributed by atoms with E-state index in [0.717, 1.165) is 58.1 Å². The second-order valence-corrected chi connectivity index (χ2v) is 7.63. The predicted molar refractivity (Wildman–Crippen MR) is 123 cm³/mol. The van der Waals surface area contributed by atoms with Crippen LogP contribution in [0.4, 0.5) is 5.95 Å². The fourth-order valence-corrected chi connectivity index (χ4v) is 4.07. The first-order valence-corrected chi connectivity index (χ1v) is 10.6. The Kier molecular flexibility index (Phi) is 4.62. The second kappa shape index (κ2) is 7.90. The molecule has 8 nitrogen and oxygen atoms in total. The maximum Gasteiger partial charge on any atom is 0.226 e. The molecule has 1 aliphatic rings. The second-order valence-electron chi connectivity index (χ2n) is 7.63. The van der Waals surface area contributed by atoms with E-state index in [-0.39, 0.29) is 0 Å². The van der Waals surface area contributed by atoms with E-state index in [4.69, 9.17) is 14.7 Å². The summed E-state index contributed by atoms with van der Waals surface area (Å²) in [5, 5.41) is 4.36. The Hall–Kier alpha value is -4.04. The van der Waals surface area contributed by atoms with Gasteiger partial charge in [0.15, 0.2) is 0 Å². The molecule has 0 aliphatic carbocycles. The van der Waals surface area contributed by atoms with Crippen LogP contribution < -0.4 is 4.90 Å². The van der Waals surface area contributed by atoms with Gasteiger partial charge in [0.05, 0.1) is 24.4 Å². The molecule has 1 fully saturated rings. The lowest BCUT2D eigenvalue weighted by Crippen LogP contribution is -2.37. The summed E-state index contributed by atoms with van der Waals surface area (Å²) >= 11 is 0. The van der Waals surface area contributed by atoms with E-state index in [2.05, 4.69) is 32.1 Å². The fraction of sp³-hybridized carbons (Fsp3) is 0.167. The van der Waals surface area contributed by atoms with Gasteiger partial charge in [0.2, 0.25) is 5.95 Å². The van der Waals surface area contributed by atoms with E-state index >= 15 is 0 Å². The highest BCUT2D eigenvalue weighted by atomic mass is 16.5. The van der Waals surface area contributed by atoms with Gasteiger partial charge >= 0.3 is 0 Å². The molecule has 4 aromatic heterocycles. The molecule has 0 bridgehead atoms. The number of H-pyrrole nitrogens is 1. The Morgan fingerprint density at radius 3 is 2.59 bits per heavy atom. The third-order valence-corrected chi connectivity index (χ3v) is 5.69. The monoisotopic (exact) mass is 423 g/mol. The van der Waals surface area contributed by atoms with Crippen LogP contribution in [0, 0.1) is 0 Å². The smallest absolute Gasteiger partial charge is 0.226 e. The lowest BCUT2D eigenvalue weighted by atomic mass is 10.1. The Balaban J connectivity index is 1.54. The minimum absolute atomic E-state index is 0.678. The number of aromatic amines is 1. The highest BCUT2D eigenvalue weighted by Gasteiger charge is 2.20. The molecule has 1 aromatic carbocycles. The van der Waals surface area contributed by atoms with Gasteiger partial charge in [-0.05, 0) is 35.9 Å². The lowest BCUT2D eigenvalue weighted by molar-refractivity contribution is 0.122. The molecule has 5 heterocycles. The predicted octanol–water partition coefficient (Wildman–Crippen LogP) is 3.71. The van der Waals surface area contributed by atoms with Gasteiger partial charge in [-0.1, -0.05) is 12.1 Å². The molecule has 32 heavy (non-hydrogen) atoms. The number of aromatic nitrogens is 6. The van der Waals surface area contributed by atoms with Crippen molar-refractivity contribution < 1.29 is 4.74 Å². The van der Waals surface area contributed by atoms with E-state index < -0.39 is 0 Å². The van der Waals surface area contributed by atoms with Gasteiger partial charge in [0.25, 0.3) is 0 Å². The number of ether oxygens (including phenoxy) is 1. The van der Waals surface area contributed by atoms with Gasteiger partial charge in [-0.3, -0.25) is 4.98 Å². The molecule has 1 saturated heterocycles. The molecule has 1 N–H and O–H groups in total. The first-order chi connectivity index (χ1) is 15.9. The summed E-state index contributed by atoms with van der Waals surface area (Å²) in [7, 11) is 0. The zero-order valence-corrected chi connectivity index (χ0v) is 17.3. The van der Waals surface area contributed by atoms with Gasteiger partial charge in [-0.15, -0.1) is 0 Å². The van der Waals surface area contributed by atoms with Crippen LogP contribution in [0.1, 0.15) is 0 Å². The Morgan fingerprint density at radius 2 is 1.78 bits per heavy atom. The Labute approximate surface area is 184 Å². The van der Waals surface area contributed by atoms with Crippen molar-refractivity contribution in [1.82, 2.24) is 29.7 Å². The largest absolute Gasteiger partial charge is 0.378 e. The van der Waals surface area contributed by atoms with Gasteiger partial charge in [-0.25, -0.2) is 14.6 Å². The van der Waals surface area contributed by atoms with Crippen molar-refractivity contribution in [1.29, 1.82) is 0 Å². The van der Waals surface area contributed by atoms with E-state index in [0.29, 0.717) is 13.2 Å². The van der Waals surface area contributed by atoms with Crippen molar-refractivity contribution in [3.63, 3.8) is 0 Å². The summed E-state index contributed by atoms with van der Waals surface area (Å²) in [4.78, 5) is 19.7. The molecule has 5 aromatic rings. The van der Waals surface area contributed by atoms with Crippen LogP contribution >= 0.6 is 0 Å². The normalized spacial score (nSPS) is 14.2. The molecular weight excluding hydrogens is 402 g/mol. The van der Waals surface area contributed by atoms with E-state index in [1.165, 1.54) is 0 Å². The van der Waals surface area contributed by atoms with Crippen molar-refractivity contribution in [3.05, 3.63) is 73.4 Å². The van der Waals surface area contributed by atoms with E-state index in [9.17, 15) is 0 Å². The molecule has 1 aliphatic heterocycles. The molecular formula is C24H21N7O. The summed E-state index contributed by atoms with van der Waals surface area (Å²) in [5.74, 6) is 0.719. The lowest BCUT2D eigenvalue weighted by Gasteiger charge is -2.27. The molecule has 0 amide bonds. The van der Waals surface area contributed by atoms with E-state index in [1.54, 1.807) is 18.6 Å². The van der Waals surface area contributed by atoms with Gasteiger partial charge in [-0.2, -0.15) is 5.10 Å². The maximum absolute atomic E-state index is 5.53. The summed E-state index contributed by atoms with van der Waals surface area (Å²) < 4.78 is 7.39. The maximum atomic E-state index is 5.53. The van der Waals surface area contributed by atoms with Crippen molar-refractivity contribution in [2.45, 2.75) is 0 Å². The van der Waals surface area contributed by atoms with Crippen LogP contribution in [-0.4, -0.2) is 56.0 Å². The standard InChI is InChI=1S/C24H21N7O/c1-3-18(15-19(4-1)31-10-2-7-27-31)20-16-26-23-21(17-5-8-25-9-6-17)28-24(29-22(20)23)30-11-13-32-14-12-30/h1-10,15-16,26H,11-14H2. The highest BCUT2D eigenvalue weighted by Crippen LogP contribution is 2.34. The minimum atomic E-state index is 0.678. The first-order valence-electron chi connectivity index (χ1n) is 10.6. The summed E-state index contributed by atoms with van der Waals surface area (Å²) in [6.45, 7) is 2.90. The zero-order valence-electron chi connectivity index (χ0n) is 17.3. The van der Waals surface area contributed by atoms with Crippen LogP contribution in [-0.2, 0) is 4.74 Å². The molecule has 0 radical (unpaired) electrons. The van der Waals surface area contributed by atoms with Crippen molar-refractivity contribution in [2.75, 3.05) is 31.2 Å². The number of anilines is 1. The SMILES string of the molecule is c1cc(-c2c[nH]c3c(-c4ccncc4)nc(N4CCOCC4)nc23)cc(-n2cccn2)c1. The first kappa shape index (κ1) is 18.7. The Morgan fingerprint density at radius 1 is 0.906 bits per heavy atom. The fourth-order valence-electron chi connectivity index (χ4n) is 4.07. The van der Waals surface area contributed by atoms with E-state index in [1.807, 2.05) is 47.4 Å². The number of nitrogens with zero attached hydrogens (tertiary/aromatic N) is 6. The van der Waals surface area contributed by atoms with Crippen LogP contribution in [0.5, 0.6) is 0 Å². The van der Waals surface area contributed by atoms with Gasteiger partial charge < -0.3 is 14.6 Å². The van der Waals surface area contributed by atoms with Gasteiger partial charge in [0, 0.05) is 55.2 Å². The quantitative estimate of drug-likeness (QED) is 0.474. The van der Waals surface area contributed by atoms with Crippen molar-refractivity contribution >= 4 is 17.0 Å². The molecule has 6 rings (SSSR count). The average molecular weight is 423 g/mol. The number of pyridine rings is 1. The summed E-state index contributed by atoms with van der Waals surface area (Å²) in [6, 6.07) is 14.2. The molecule has 8 heteroatoms. The topological polar surface area (TPSA) is 84.8 Å².